The lowest BCUT2D eigenvalue weighted by molar-refractivity contribution is -0.124. The molecule has 6 nitrogen and oxygen atoms in total. The van der Waals surface area contributed by atoms with Crippen molar-refractivity contribution >= 4 is 11.9 Å². The summed E-state index contributed by atoms with van der Waals surface area (Å²) in [7, 11) is 0. The van der Waals surface area contributed by atoms with Crippen LogP contribution in [0.5, 0.6) is 0 Å². The van der Waals surface area contributed by atoms with Gasteiger partial charge in [0, 0.05) is 30.2 Å². The summed E-state index contributed by atoms with van der Waals surface area (Å²) in [6.45, 7) is 6.76. The number of aromatic nitrogens is 1. The summed E-state index contributed by atoms with van der Waals surface area (Å²) < 4.78 is 12.7. The zero-order valence-corrected chi connectivity index (χ0v) is 16.1. The van der Waals surface area contributed by atoms with Gasteiger partial charge in [-0.1, -0.05) is 17.7 Å². The molecule has 0 bridgehead atoms. The molecule has 1 fully saturated rings. The zero-order chi connectivity index (χ0) is 19.4. The van der Waals surface area contributed by atoms with Gasteiger partial charge in [-0.05, 0) is 51.8 Å². The van der Waals surface area contributed by atoms with Crippen LogP contribution in [0.3, 0.4) is 0 Å². The number of hydrogen-bond donors (Lipinski definition) is 1. The third-order valence-electron chi connectivity index (χ3n) is 4.83. The van der Waals surface area contributed by atoms with Crippen molar-refractivity contribution < 1.29 is 19.1 Å². The minimum Gasteiger partial charge on any atom is -0.452 e. The molecule has 1 atom stereocenters. The fourth-order valence-electron chi connectivity index (χ4n) is 3.35. The number of aryl methyl sites for hydroxylation is 2. The molecule has 27 heavy (non-hydrogen) atoms. The molecule has 0 unspecified atom stereocenters. The second-order valence-electron chi connectivity index (χ2n) is 6.97. The van der Waals surface area contributed by atoms with E-state index in [1.807, 2.05) is 49.6 Å². The fraction of sp³-hybridized carbons (Fsp3) is 0.429. The Labute approximate surface area is 159 Å². The molecule has 3 rings (SSSR count). The predicted octanol–water partition coefficient (Wildman–Crippen LogP) is 2.85. The van der Waals surface area contributed by atoms with Crippen molar-refractivity contribution in [1.29, 1.82) is 0 Å². The van der Waals surface area contributed by atoms with E-state index in [1.54, 1.807) is 6.07 Å². The Bertz CT molecular complexity index is 817. The van der Waals surface area contributed by atoms with Gasteiger partial charge in [0.2, 0.25) is 0 Å². The molecular formula is C21H26N2O4. The Hall–Kier alpha value is -2.60. The second-order valence-corrected chi connectivity index (χ2v) is 6.97. The van der Waals surface area contributed by atoms with E-state index in [9.17, 15) is 9.59 Å². The van der Waals surface area contributed by atoms with Gasteiger partial charge in [-0.3, -0.25) is 4.79 Å². The van der Waals surface area contributed by atoms with Gasteiger partial charge >= 0.3 is 5.97 Å². The maximum atomic E-state index is 12.4. The number of esters is 1. The molecule has 0 radical (unpaired) electrons. The van der Waals surface area contributed by atoms with E-state index in [1.165, 1.54) is 5.56 Å². The van der Waals surface area contributed by atoms with E-state index >= 15 is 0 Å². The first-order valence-electron chi connectivity index (χ1n) is 9.27. The molecule has 2 heterocycles. The SMILES string of the molecule is Cc1ccc(-n2c(C)cc(C(=O)OCC(=O)NC[C@H]3CCCO3)c2C)cc1. The molecule has 1 aromatic heterocycles. The number of rotatable bonds is 6. The fourth-order valence-corrected chi connectivity index (χ4v) is 3.35. The number of benzene rings is 1. The third kappa shape index (κ3) is 4.57. The molecular weight excluding hydrogens is 344 g/mol. The maximum absolute atomic E-state index is 12.4. The Morgan fingerprint density at radius 2 is 1.96 bits per heavy atom. The molecule has 1 N–H and O–H groups in total. The van der Waals surface area contributed by atoms with Gasteiger partial charge in [-0.25, -0.2) is 4.79 Å². The Morgan fingerprint density at radius 3 is 2.63 bits per heavy atom. The van der Waals surface area contributed by atoms with Gasteiger partial charge in [-0.15, -0.1) is 0 Å². The van der Waals surface area contributed by atoms with Crippen LogP contribution in [0, 0.1) is 20.8 Å². The summed E-state index contributed by atoms with van der Waals surface area (Å²) in [4.78, 5) is 24.3. The Morgan fingerprint density at radius 1 is 1.22 bits per heavy atom. The van der Waals surface area contributed by atoms with E-state index in [4.69, 9.17) is 9.47 Å². The molecule has 1 aromatic carbocycles. The molecule has 0 aliphatic carbocycles. The van der Waals surface area contributed by atoms with Crippen molar-refractivity contribution in [1.82, 2.24) is 9.88 Å². The smallest absolute Gasteiger partial charge is 0.340 e. The summed E-state index contributed by atoms with van der Waals surface area (Å²) in [6, 6.07) is 9.89. The molecule has 0 saturated carbocycles. The van der Waals surface area contributed by atoms with Crippen molar-refractivity contribution in [3.8, 4) is 5.69 Å². The van der Waals surface area contributed by atoms with Crippen LogP contribution >= 0.6 is 0 Å². The third-order valence-corrected chi connectivity index (χ3v) is 4.83. The summed E-state index contributed by atoms with van der Waals surface area (Å²) in [5.41, 5.74) is 4.37. The standard InChI is InChI=1S/C21H26N2O4/c1-14-6-8-17(9-7-14)23-15(2)11-19(16(23)3)21(25)27-13-20(24)22-12-18-5-4-10-26-18/h6-9,11,18H,4-5,10,12-13H2,1-3H3,(H,22,24)/t18-/m1/s1. The molecule has 2 aromatic rings. The van der Waals surface area contributed by atoms with Crippen molar-refractivity contribution in [2.75, 3.05) is 19.8 Å². The highest BCUT2D eigenvalue weighted by Crippen LogP contribution is 2.22. The molecule has 1 amide bonds. The van der Waals surface area contributed by atoms with E-state index in [-0.39, 0.29) is 18.6 Å². The normalized spacial score (nSPS) is 16.3. The summed E-state index contributed by atoms with van der Waals surface area (Å²) in [6.07, 6.45) is 2.04. The van der Waals surface area contributed by atoms with Gasteiger partial charge in [0.05, 0.1) is 11.7 Å². The van der Waals surface area contributed by atoms with E-state index in [0.717, 1.165) is 36.5 Å². The van der Waals surface area contributed by atoms with Gasteiger partial charge in [0.1, 0.15) is 0 Å². The van der Waals surface area contributed by atoms with Crippen molar-refractivity contribution in [2.24, 2.45) is 0 Å². The number of carbonyl (C=O) groups excluding carboxylic acids is 2. The van der Waals surface area contributed by atoms with Crippen LogP contribution in [0.15, 0.2) is 30.3 Å². The minimum absolute atomic E-state index is 0.0677. The number of amides is 1. The number of ether oxygens (including phenoxy) is 2. The van der Waals surface area contributed by atoms with Crippen LogP contribution in [0.1, 0.15) is 40.2 Å². The number of hydrogen-bond acceptors (Lipinski definition) is 4. The molecule has 1 aliphatic rings. The van der Waals surface area contributed by atoms with Gasteiger partial charge in [0.15, 0.2) is 6.61 Å². The van der Waals surface area contributed by atoms with Crippen LogP contribution < -0.4 is 5.32 Å². The second kappa shape index (κ2) is 8.39. The first kappa shape index (κ1) is 19.2. The van der Waals surface area contributed by atoms with E-state index < -0.39 is 5.97 Å². The van der Waals surface area contributed by atoms with Crippen molar-refractivity contribution in [2.45, 2.75) is 39.7 Å². The highest BCUT2D eigenvalue weighted by atomic mass is 16.5. The van der Waals surface area contributed by atoms with Crippen LogP contribution in [-0.4, -0.2) is 42.3 Å². The first-order chi connectivity index (χ1) is 13.0. The average molecular weight is 370 g/mol. The Balaban J connectivity index is 1.60. The lowest BCUT2D eigenvalue weighted by atomic mass is 10.2. The number of nitrogens with zero attached hydrogens (tertiary/aromatic N) is 1. The predicted molar refractivity (Wildman–Crippen MR) is 102 cm³/mol. The highest BCUT2D eigenvalue weighted by Gasteiger charge is 2.20. The zero-order valence-electron chi connectivity index (χ0n) is 16.1. The van der Waals surface area contributed by atoms with Crippen molar-refractivity contribution in [3.05, 3.63) is 52.8 Å². The monoisotopic (exact) mass is 370 g/mol. The van der Waals surface area contributed by atoms with Gasteiger partial charge in [-0.2, -0.15) is 0 Å². The number of carbonyl (C=O) groups is 2. The number of nitrogens with one attached hydrogen (secondary N) is 1. The maximum Gasteiger partial charge on any atom is 0.340 e. The molecule has 6 heteroatoms. The van der Waals surface area contributed by atoms with Crippen LogP contribution in [0.25, 0.3) is 5.69 Å². The van der Waals surface area contributed by atoms with Gasteiger partial charge in [0.25, 0.3) is 5.91 Å². The lowest BCUT2D eigenvalue weighted by Crippen LogP contribution is -2.34. The van der Waals surface area contributed by atoms with Gasteiger partial charge < -0.3 is 19.4 Å². The highest BCUT2D eigenvalue weighted by molar-refractivity contribution is 5.93. The molecule has 1 saturated heterocycles. The Kier molecular flexibility index (Phi) is 5.96. The van der Waals surface area contributed by atoms with E-state index in [0.29, 0.717) is 12.1 Å². The molecule has 1 aliphatic heterocycles. The van der Waals surface area contributed by atoms with Crippen LogP contribution in [0.2, 0.25) is 0 Å². The summed E-state index contributed by atoms with van der Waals surface area (Å²) in [5.74, 6) is -0.806. The molecule has 144 valence electrons. The average Bonchev–Trinajstić information content (AvgIpc) is 3.27. The van der Waals surface area contributed by atoms with Crippen molar-refractivity contribution in [3.63, 3.8) is 0 Å². The largest absolute Gasteiger partial charge is 0.452 e. The minimum atomic E-state index is -0.492. The van der Waals surface area contributed by atoms with E-state index in [2.05, 4.69) is 5.32 Å². The van der Waals surface area contributed by atoms with Crippen LogP contribution in [-0.2, 0) is 14.3 Å². The topological polar surface area (TPSA) is 69.6 Å². The quantitative estimate of drug-likeness (QED) is 0.794. The molecule has 0 spiro atoms. The lowest BCUT2D eigenvalue weighted by Gasteiger charge is -2.11. The summed E-state index contributed by atoms with van der Waals surface area (Å²) >= 11 is 0. The van der Waals surface area contributed by atoms with Crippen LogP contribution in [0.4, 0.5) is 0 Å². The first-order valence-corrected chi connectivity index (χ1v) is 9.27. The summed E-state index contributed by atoms with van der Waals surface area (Å²) in [5, 5.41) is 2.75.